The topological polar surface area (TPSA) is 95.6 Å². The van der Waals surface area contributed by atoms with Crippen molar-refractivity contribution in [3.05, 3.63) is 59.1 Å². The van der Waals surface area contributed by atoms with Gasteiger partial charge in [-0.25, -0.2) is 8.42 Å². The number of hydrogen-bond acceptors (Lipinski definition) is 4. The fraction of sp³-hybridized carbons (Fsp3) is 0.333. The number of hydrogen-bond donors (Lipinski definition) is 2. The first-order valence-electron chi connectivity index (χ1n) is 9.70. The fourth-order valence-corrected chi connectivity index (χ4v) is 5.43. The molecule has 2 aromatic carbocycles. The number of para-hydroxylation sites is 1. The van der Waals surface area contributed by atoms with Crippen LogP contribution in [0.5, 0.6) is 0 Å². The second-order valence-corrected chi connectivity index (χ2v) is 9.67. The number of sulfonamides is 1. The third-order valence-corrected chi connectivity index (χ3v) is 7.24. The van der Waals surface area contributed by atoms with Gasteiger partial charge in [0.15, 0.2) is 0 Å². The van der Waals surface area contributed by atoms with Gasteiger partial charge in [0.25, 0.3) is 5.91 Å². The third-order valence-electron chi connectivity index (χ3n) is 4.90. The Balaban J connectivity index is 1.69. The Labute approximate surface area is 181 Å². The maximum absolute atomic E-state index is 13.0. The average Bonchev–Trinajstić information content (AvgIpc) is 2.73. The number of carbonyl (C=O) groups is 2. The van der Waals surface area contributed by atoms with Gasteiger partial charge in [-0.05, 0) is 49.1 Å². The molecule has 2 N–H and O–H groups in total. The van der Waals surface area contributed by atoms with Crippen LogP contribution in [0.3, 0.4) is 0 Å². The molecule has 1 aliphatic rings. The SMILES string of the molecule is CC1CCCN(S(=O)(=O)c2cc(C(=O)NCC(=O)Nc3ccccc3)ccc2Cl)C1. The van der Waals surface area contributed by atoms with Crippen molar-refractivity contribution in [1.82, 2.24) is 9.62 Å². The molecule has 3 rings (SSSR count). The van der Waals surface area contributed by atoms with Gasteiger partial charge < -0.3 is 10.6 Å². The fourth-order valence-electron chi connectivity index (χ4n) is 3.34. The highest BCUT2D eigenvalue weighted by molar-refractivity contribution is 7.89. The van der Waals surface area contributed by atoms with E-state index in [0.717, 1.165) is 12.8 Å². The van der Waals surface area contributed by atoms with Crippen LogP contribution < -0.4 is 10.6 Å². The van der Waals surface area contributed by atoms with E-state index in [0.29, 0.717) is 18.8 Å². The molecule has 0 aromatic heterocycles. The summed E-state index contributed by atoms with van der Waals surface area (Å²) < 4.78 is 27.5. The van der Waals surface area contributed by atoms with Gasteiger partial charge in [0.2, 0.25) is 15.9 Å². The summed E-state index contributed by atoms with van der Waals surface area (Å²) in [6.07, 6.45) is 1.77. The monoisotopic (exact) mass is 449 g/mol. The quantitative estimate of drug-likeness (QED) is 0.708. The molecule has 0 spiro atoms. The molecule has 7 nitrogen and oxygen atoms in total. The average molecular weight is 450 g/mol. The number of halogens is 1. The van der Waals surface area contributed by atoms with Crippen molar-refractivity contribution >= 4 is 39.1 Å². The third kappa shape index (κ3) is 5.38. The Kier molecular flexibility index (Phi) is 7.12. The van der Waals surface area contributed by atoms with Crippen LogP contribution >= 0.6 is 11.6 Å². The summed E-state index contributed by atoms with van der Waals surface area (Å²) in [6, 6.07) is 13.0. The van der Waals surface area contributed by atoms with Gasteiger partial charge in [-0.2, -0.15) is 4.31 Å². The lowest BCUT2D eigenvalue weighted by Crippen LogP contribution is -2.39. The molecular weight excluding hydrogens is 426 g/mol. The molecule has 0 bridgehead atoms. The molecule has 1 aliphatic heterocycles. The lowest BCUT2D eigenvalue weighted by molar-refractivity contribution is -0.115. The first kappa shape index (κ1) is 22.3. The number of piperidine rings is 1. The van der Waals surface area contributed by atoms with E-state index in [1.165, 1.54) is 22.5 Å². The van der Waals surface area contributed by atoms with Crippen molar-refractivity contribution in [3.8, 4) is 0 Å². The maximum Gasteiger partial charge on any atom is 0.251 e. The second-order valence-electron chi connectivity index (χ2n) is 7.35. The van der Waals surface area contributed by atoms with Gasteiger partial charge >= 0.3 is 0 Å². The first-order chi connectivity index (χ1) is 14.3. The van der Waals surface area contributed by atoms with E-state index < -0.39 is 21.8 Å². The number of rotatable bonds is 6. The summed E-state index contributed by atoms with van der Waals surface area (Å²) in [6.45, 7) is 2.61. The highest BCUT2D eigenvalue weighted by atomic mass is 35.5. The zero-order chi connectivity index (χ0) is 21.7. The van der Waals surface area contributed by atoms with E-state index in [1.54, 1.807) is 24.3 Å². The molecule has 1 heterocycles. The van der Waals surface area contributed by atoms with E-state index in [1.807, 2.05) is 13.0 Å². The Morgan fingerprint density at radius 1 is 1.17 bits per heavy atom. The van der Waals surface area contributed by atoms with Crippen molar-refractivity contribution in [3.63, 3.8) is 0 Å². The van der Waals surface area contributed by atoms with Crippen molar-refractivity contribution in [2.24, 2.45) is 5.92 Å². The highest BCUT2D eigenvalue weighted by Gasteiger charge is 2.30. The van der Waals surface area contributed by atoms with Crippen LogP contribution in [-0.2, 0) is 14.8 Å². The first-order valence-corrected chi connectivity index (χ1v) is 11.5. The summed E-state index contributed by atoms with van der Waals surface area (Å²) in [5.74, 6) is -0.682. The summed E-state index contributed by atoms with van der Waals surface area (Å²) in [5, 5.41) is 5.23. The molecule has 1 atom stereocenters. The van der Waals surface area contributed by atoms with Crippen molar-refractivity contribution < 1.29 is 18.0 Å². The zero-order valence-corrected chi connectivity index (χ0v) is 18.2. The van der Waals surface area contributed by atoms with E-state index in [2.05, 4.69) is 10.6 Å². The highest BCUT2D eigenvalue weighted by Crippen LogP contribution is 2.29. The van der Waals surface area contributed by atoms with Crippen LogP contribution in [0.25, 0.3) is 0 Å². The Morgan fingerprint density at radius 2 is 1.90 bits per heavy atom. The van der Waals surface area contributed by atoms with Crippen LogP contribution in [0.2, 0.25) is 5.02 Å². The summed E-state index contributed by atoms with van der Waals surface area (Å²) >= 11 is 6.16. The van der Waals surface area contributed by atoms with Crippen LogP contribution in [0, 0.1) is 5.92 Å². The summed E-state index contributed by atoms with van der Waals surface area (Å²) in [7, 11) is -3.81. The van der Waals surface area contributed by atoms with E-state index >= 15 is 0 Å². The summed E-state index contributed by atoms with van der Waals surface area (Å²) in [4.78, 5) is 24.4. The molecule has 9 heteroatoms. The van der Waals surface area contributed by atoms with Gasteiger partial charge in [-0.3, -0.25) is 9.59 Å². The minimum Gasteiger partial charge on any atom is -0.343 e. The zero-order valence-electron chi connectivity index (χ0n) is 16.6. The summed E-state index contributed by atoms with van der Waals surface area (Å²) in [5.41, 5.74) is 0.739. The Bertz CT molecular complexity index is 1030. The molecule has 160 valence electrons. The molecular formula is C21H24ClN3O4S. The number of carbonyl (C=O) groups excluding carboxylic acids is 2. The molecule has 2 amide bonds. The Morgan fingerprint density at radius 3 is 2.60 bits per heavy atom. The molecule has 2 aromatic rings. The molecule has 1 saturated heterocycles. The van der Waals surface area contributed by atoms with Crippen molar-refractivity contribution in [2.45, 2.75) is 24.7 Å². The molecule has 0 saturated carbocycles. The van der Waals surface area contributed by atoms with Crippen molar-refractivity contribution in [2.75, 3.05) is 25.0 Å². The van der Waals surface area contributed by atoms with Gasteiger partial charge in [0, 0.05) is 24.3 Å². The largest absolute Gasteiger partial charge is 0.343 e. The van der Waals surface area contributed by atoms with Crippen LogP contribution in [0.4, 0.5) is 5.69 Å². The van der Waals surface area contributed by atoms with Gasteiger partial charge in [-0.1, -0.05) is 36.7 Å². The normalized spacial score (nSPS) is 17.3. The lowest BCUT2D eigenvalue weighted by atomic mass is 10.0. The number of anilines is 1. The Hall–Kier alpha value is -2.42. The maximum atomic E-state index is 13.0. The van der Waals surface area contributed by atoms with Gasteiger partial charge in [0.05, 0.1) is 11.6 Å². The molecule has 0 radical (unpaired) electrons. The van der Waals surface area contributed by atoms with Crippen LogP contribution in [0.15, 0.2) is 53.4 Å². The number of nitrogens with zero attached hydrogens (tertiary/aromatic N) is 1. The minimum absolute atomic E-state index is 0.0617. The van der Waals surface area contributed by atoms with Crippen LogP contribution in [0.1, 0.15) is 30.1 Å². The second kappa shape index (κ2) is 9.59. The molecule has 1 fully saturated rings. The van der Waals surface area contributed by atoms with Crippen molar-refractivity contribution in [1.29, 1.82) is 0 Å². The van der Waals surface area contributed by atoms with Crippen LogP contribution in [-0.4, -0.2) is 44.2 Å². The van der Waals surface area contributed by atoms with E-state index in [9.17, 15) is 18.0 Å². The standard InChI is InChI=1S/C21H24ClN3O4S/c1-15-6-5-11-25(14-15)30(28,29)19-12-16(9-10-18(19)22)21(27)23-13-20(26)24-17-7-3-2-4-8-17/h2-4,7-10,12,15H,5-6,11,13-14H2,1H3,(H,23,27)(H,24,26). The number of benzene rings is 2. The van der Waals surface area contributed by atoms with Gasteiger partial charge in [0.1, 0.15) is 4.90 Å². The molecule has 30 heavy (non-hydrogen) atoms. The predicted molar refractivity (Wildman–Crippen MR) is 116 cm³/mol. The lowest BCUT2D eigenvalue weighted by Gasteiger charge is -2.30. The molecule has 0 aliphatic carbocycles. The predicted octanol–water partition coefficient (Wildman–Crippen LogP) is 3.13. The number of amides is 2. The minimum atomic E-state index is -3.81. The van der Waals surface area contributed by atoms with Gasteiger partial charge in [-0.15, -0.1) is 0 Å². The molecule has 1 unspecified atom stereocenters. The smallest absolute Gasteiger partial charge is 0.251 e. The van der Waals surface area contributed by atoms with E-state index in [4.69, 9.17) is 11.6 Å². The van der Waals surface area contributed by atoms with E-state index in [-0.39, 0.29) is 27.9 Å². The number of nitrogens with one attached hydrogen (secondary N) is 2.